The summed E-state index contributed by atoms with van der Waals surface area (Å²) in [4.78, 5) is 11.8. The van der Waals surface area contributed by atoms with Gasteiger partial charge in [-0.15, -0.1) is 0 Å². The first-order chi connectivity index (χ1) is 6.66. The van der Waals surface area contributed by atoms with E-state index in [0.717, 1.165) is 6.42 Å². The van der Waals surface area contributed by atoms with Crippen LogP contribution in [0.15, 0.2) is 0 Å². The molecule has 0 aromatic rings. The number of hydrogen-bond acceptors (Lipinski definition) is 4. The number of nitrogens with two attached hydrogens (primary N) is 1. The summed E-state index contributed by atoms with van der Waals surface area (Å²) >= 11 is 0. The number of ketones is 1. The lowest BCUT2D eigenvalue weighted by Gasteiger charge is -2.16. The summed E-state index contributed by atoms with van der Waals surface area (Å²) in [5.74, 6) is 0.126. The maximum atomic E-state index is 11.8. The Kier molecular flexibility index (Phi) is 4.51. The van der Waals surface area contributed by atoms with Crippen molar-refractivity contribution in [1.29, 1.82) is 0 Å². The fourth-order valence-corrected chi connectivity index (χ4v) is 1.67. The molecule has 0 aliphatic carbocycles. The summed E-state index contributed by atoms with van der Waals surface area (Å²) in [6.07, 6.45) is 0.762. The number of ether oxygens (including phenoxy) is 2. The van der Waals surface area contributed by atoms with E-state index < -0.39 is 0 Å². The Hall–Kier alpha value is -0.450. The van der Waals surface area contributed by atoms with E-state index >= 15 is 0 Å². The van der Waals surface area contributed by atoms with Crippen LogP contribution in [0.5, 0.6) is 0 Å². The molecule has 4 nitrogen and oxygen atoms in total. The molecule has 0 bridgehead atoms. The summed E-state index contributed by atoms with van der Waals surface area (Å²) in [5, 5.41) is 0. The number of Topliss-reactive ketones (excluding diaryl/α,β-unsaturated/α-hetero) is 1. The Morgan fingerprint density at radius 3 is 2.86 bits per heavy atom. The quantitative estimate of drug-likeness (QED) is 0.690. The molecule has 3 unspecified atom stereocenters. The van der Waals surface area contributed by atoms with Gasteiger partial charge in [-0.3, -0.25) is 4.79 Å². The Labute approximate surface area is 84.7 Å². The van der Waals surface area contributed by atoms with Gasteiger partial charge >= 0.3 is 0 Å². The molecule has 4 heteroatoms. The Morgan fingerprint density at radius 2 is 2.36 bits per heavy atom. The zero-order valence-electron chi connectivity index (χ0n) is 8.86. The molecule has 14 heavy (non-hydrogen) atoms. The molecule has 1 heterocycles. The second-order valence-corrected chi connectivity index (χ2v) is 3.89. The van der Waals surface area contributed by atoms with Crippen LogP contribution in [0.1, 0.15) is 13.3 Å². The third kappa shape index (κ3) is 2.77. The van der Waals surface area contributed by atoms with Crippen molar-refractivity contribution in [2.45, 2.75) is 19.4 Å². The van der Waals surface area contributed by atoms with Gasteiger partial charge in [-0.05, 0) is 6.42 Å². The molecule has 1 rings (SSSR count). The molecule has 0 amide bonds. The number of rotatable bonds is 5. The number of carbonyl (C=O) groups excluding carboxylic acids is 1. The normalized spacial score (nSPS) is 29.1. The second kappa shape index (κ2) is 5.44. The maximum Gasteiger partial charge on any atom is 0.142 e. The predicted octanol–water partition coefficient (Wildman–Crippen LogP) is 0.202. The van der Waals surface area contributed by atoms with Gasteiger partial charge in [-0.2, -0.15) is 0 Å². The number of carbonyl (C=O) groups is 1. The molecule has 0 aromatic carbocycles. The highest BCUT2D eigenvalue weighted by Gasteiger charge is 2.33. The third-order valence-corrected chi connectivity index (χ3v) is 2.73. The van der Waals surface area contributed by atoms with Crippen molar-refractivity contribution in [3.63, 3.8) is 0 Å². The van der Waals surface area contributed by atoms with Crippen LogP contribution in [0.2, 0.25) is 0 Å². The highest BCUT2D eigenvalue weighted by molar-refractivity contribution is 5.84. The lowest BCUT2D eigenvalue weighted by atomic mass is 9.89. The number of hydrogen-bond donors (Lipinski definition) is 1. The van der Waals surface area contributed by atoms with Gasteiger partial charge < -0.3 is 15.2 Å². The fourth-order valence-electron chi connectivity index (χ4n) is 1.67. The van der Waals surface area contributed by atoms with Gasteiger partial charge in [0.2, 0.25) is 0 Å². The monoisotopic (exact) mass is 201 g/mol. The first-order valence-corrected chi connectivity index (χ1v) is 5.02. The van der Waals surface area contributed by atoms with Gasteiger partial charge in [0.1, 0.15) is 5.78 Å². The molecule has 1 saturated heterocycles. The Bertz CT molecular complexity index is 196. The zero-order valence-corrected chi connectivity index (χ0v) is 8.86. The molecule has 0 aromatic heterocycles. The molecule has 0 spiro atoms. The second-order valence-electron chi connectivity index (χ2n) is 3.89. The standard InChI is InChI=1S/C10H19NO3/c1-7(3-4-13-2)10(12)8-5-14-6-9(8)11/h7-9H,3-6,11H2,1-2H3. The van der Waals surface area contributed by atoms with E-state index in [9.17, 15) is 4.79 Å². The third-order valence-electron chi connectivity index (χ3n) is 2.73. The van der Waals surface area contributed by atoms with Crippen molar-refractivity contribution in [2.24, 2.45) is 17.6 Å². The average Bonchev–Trinajstić information content (AvgIpc) is 2.59. The van der Waals surface area contributed by atoms with E-state index in [0.29, 0.717) is 19.8 Å². The van der Waals surface area contributed by atoms with Crippen molar-refractivity contribution in [3.8, 4) is 0 Å². The van der Waals surface area contributed by atoms with Gasteiger partial charge in [0.25, 0.3) is 0 Å². The molecule has 1 fully saturated rings. The highest BCUT2D eigenvalue weighted by atomic mass is 16.5. The first-order valence-electron chi connectivity index (χ1n) is 5.02. The lowest BCUT2D eigenvalue weighted by Crippen LogP contribution is -2.36. The van der Waals surface area contributed by atoms with E-state index in [4.69, 9.17) is 15.2 Å². The van der Waals surface area contributed by atoms with E-state index in [1.165, 1.54) is 0 Å². The Balaban J connectivity index is 2.39. The molecular formula is C10H19NO3. The van der Waals surface area contributed by atoms with Crippen LogP contribution in [0, 0.1) is 11.8 Å². The van der Waals surface area contributed by atoms with Crippen LogP contribution in [0.3, 0.4) is 0 Å². The van der Waals surface area contributed by atoms with Crippen molar-refractivity contribution in [1.82, 2.24) is 0 Å². The van der Waals surface area contributed by atoms with Crippen molar-refractivity contribution >= 4 is 5.78 Å². The van der Waals surface area contributed by atoms with Crippen LogP contribution >= 0.6 is 0 Å². The van der Waals surface area contributed by atoms with Gasteiger partial charge in [-0.1, -0.05) is 6.92 Å². The molecule has 82 valence electrons. The van der Waals surface area contributed by atoms with Crippen molar-refractivity contribution in [3.05, 3.63) is 0 Å². The van der Waals surface area contributed by atoms with Gasteiger partial charge in [0.15, 0.2) is 0 Å². The summed E-state index contributed by atoms with van der Waals surface area (Å²) in [6, 6.07) is -0.118. The van der Waals surface area contributed by atoms with Gasteiger partial charge in [0.05, 0.1) is 19.1 Å². The molecule has 0 saturated carbocycles. The van der Waals surface area contributed by atoms with Crippen LogP contribution in [0.25, 0.3) is 0 Å². The van der Waals surface area contributed by atoms with Crippen molar-refractivity contribution in [2.75, 3.05) is 26.9 Å². The van der Waals surface area contributed by atoms with Crippen molar-refractivity contribution < 1.29 is 14.3 Å². The largest absolute Gasteiger partial charge is 0.385 e. The van der Waals surface area contributed by atoms with E-state index in [1.807, 2.05) is 6.92 Å². The molecule has 2 N–H and O–H groups in total. The summed E-state index contributed by atoms with van der Waals surface area (Å²) in [5.41, 5.74) is 5.77. The Morgan fingerprint density at radius 1 is 1.64 bits per heavy atom. The minimum Gasteiger partial charge on any atom is -0.385 e. The van der Waals surface area contributed by atoms with E-state index in [2.05, 4.69) is 0 Å². The molecule has 1 aliphatic heterocycles. The average molecular weight is 201 g/mol. The van der Waals surface area contributed by atoms with E-state index in [-0.39, 0.29) is 23.7 Å². The lowest BCUT2D eigenvalue weighted by molar-refractivity contribution is -0.127. The summed E-state index contributed by atoms with van der Waals surface area (Å²) < 4.78 is 10.1. The van der Waals surface area contributed by atoms with E-state index in [1.54, 1.807) is 7.11 Å². The van der Waals surface area contributed by atoms with Crippen LogP contribution in [-0.4, -0.2) is 38.8 Å². The zero-order chi connectivity index (χ0) is 10.6. The first kappa shape index (κ1) is 11.6. The fraction of sp³-hybridized carbons (Fsp3) is 0.900. The number of methoxy groups -OCH3 is 1. The SMILES string of the molecule is COCCC(C)C(=O)C1COCC1N. The minimum absolute atomic E-state index is 0.0210. The van der Waals surface area contributed by atoms with Gasteiger partial charge in [-0.25, -0.2) is 0 Å². The van der Waals surface area contributed by atoms with Gasteiger partial charge in [0, 0.05) is 25.7 Å². The summed E-state index contributed by atoms with van der Waals surface area (Å²) in [6.45, 7) is 3.53. The smallest absolute Gasteiger partial charge is 0.142 e. The van der Waals surface area contributed by atoms with Crippen LogP contribution in [0.4, 0.5) is 0 Å². The highest BCUT2D eigenvalue weighted by Crippen LogP contribution is 2.18. The molecule has 0 radical (unpaired) electrons. The molecule has 3 atom stereocenters. The maximum absolute atomic E-state index is 11.8. The molecule has 1 aliphatic rings. The summed E-state index contributed by atoms with van der Waals surface area (Å²) in [7, 11) is 1.64. The molecular weight excluding hydrogens is 182 g/mol. The van der Waals surface area contributed by atoms with Crippen LogP contribution < -0.4 is 5.73 Å². The minimum atomic E-state index is -0.118. The topological polar surface area (TPSA) is 61.5 Å². The van der Waals surface area contributed by atoms with Crippen LogP contribution in [-0.2, 0) is 14.3 Å². The predicted molar refractivity (Wildman–Crippen MR) is 52.9 cm³/mol.